The van der Waals surface area contributed by atoms with Gasteiger partial charge in [0.15, 0.2) is 11.2 Å². The highest BCUT2D eigenvalue weighted by Crippen LogP contribution is 2.31. The third-order valence-electron chi connectivity index (χ3n) is 5.76. The lowest BCUT2D eigenvalue weighted by atomic mass is 10.0. The summed E-state index contributed by atoms with van der Waals surface area (Å²) in [7, 11) is 1.83. The molecule has 170 valence electrons. The Labute approximate surface area is 194 Å². The molecule has 3 heterocycles. The lowest BCUT2D eigenvalue weighted by Crippen LogP contribution is -2.12. The first-order chi connectivity index (χ1) is 16.3. The SMILES string of the molecule is Cc1cc([C@@H](C)Nc2ccccc2C(=O)O)c2oc(-c3cc4cn(C)nc4cn3)cc(=O)c2c1. The summed E-state index contributed by atoms with van der Waals surface area (Å²) in [6.07, 6.45) is 3.53. The highest BCUT2D eigenvalue weighted by atomic mass is 16.4. The fourth-order valence-corrected chi connectivity index (χ4v) is 4.17. The van der Waals surface area contributed by atoms with E-state index in [0.29, 0.717) is 28.1 Å². The number of carbonyl (C=O) groups is 1. The topological polar surface area (TPSA) is 110 Å². The van der Waals surface area contributed by atoms with Crippen LogP contribution in [0, 0.1) is 6.92 Å². The zero-order chi connectivity index (χ0) is 24.0. The second-order valence-corrected chi connectivity index (χ2v) is 8.35. The number of hydrogen-bond donors (Lipinski definition) is 2. The minimum absolute atomic E-state index is 0.169. The van der Waals surface area contributed by atoms with Gasteiger partial charge in [0.2, 0.25) is 0 Å². The summed E-state index contributed by atoms with van der Waals surface area (Å²) in [6, 6.07) is 13.4. The van der Waals surface area contributed by atoms with Crippen molar-refractivity contribution in [3.63, 3.8) is 0 Å². The van der Waals surface area contributed by atoms with E-state index in [1.807, 2.05) is 39.2 Å². The van der Waals surface area contributed by atoms with E-state index >= 15 is 0 Å². The molecule has 0 saturated heterocycles. The van der Waals surface area contributed by atoms with Crippen LogP contribution in [0.25, 0.3) is 33.3 Å². The number of nitrogens with zero attached hydrogens (tertiary/aromatic N) is 3. The molecule has 0 aliphatic carbocycles. The molecule has 0 aliphatic heterocycles. The van der Waals surface area contributed by atoms with Crippen LogP contribution in [0.4, 0.5) is 5.69 Å². The molecule has 0 radical (unpaired) electrons. The summed E-state index contributed by atoms with van der Waals surface area (Å²) >= 11 is 0. The molecular weight excluding hydrogens is 432 g/mol. The second kappa shape index (κ2) is 8.15. The van der Waals surface area contributed by atoms with Crippen molar-refractivity contribution in [3.05, 3.63) is 87.8 Å². The smallest absolute Gasteiger partial charge is 0.337 e. The highest BCUT2D eigenvalue weighted by molar-refractivity contribution is 5.94. The lowest BCUT2D eigenvalue weighted by molar-refractivity contribution is 0.0698. The number of para-hydroxylation sites is 1. The van der Waals surface area contributed by atoms with Gasteiger partial charge in [-0.1, -0.05) is 18.2 Å². The molecule has 0 unspecified atom stereocenters. The normalized spacial score (nSPS) is 12.2. The summed E-state index contributed by atoms with van der Waals surface area (Å²) in [5.74, 6) is -0.665. The van der Waals surface area contributed by atoms with Crippen molar-refractivity contribution >= 4 is 33.5 Å². The number of aromatic nitrogens is 3. The molecule has 8 heteroatoms. The zero-order valence-corrected chi connectivity index (χ0v) is 18.9. The fourth-order valence-electron chi connectivity index (χ4n) is 4.17. The van der Waals surface area contributed by atoms with Gasteiger partial charge in [-0.15, -0.1) is 0 Å². The maximum Gasteiger partial charge on any atom is 0.337 e. The van der Waals surface area contributed by atoms with E-state index in [1.165, 1.54) is 6.07 Å². The van der Waals surface area contributed by atoms with Crippen LogP contribution in [0.3, 0.4) is 0 Å². The number of aromatic carboxylic acids is 1. The second-order valence-electron chi connectivity index (χ2n) is 8.35. The van der Waals surface area contributed by atoms with Crippen molar-refractivity contribution in [3.8, 4) is 11.5 Å². The van der Waals surface area contributed by atoms with Crippen molar-refractivity contribution < 1.29 is 14.3 Å². The van der Waals surface area contributed by atoms with Gasteiger partial charge < -0.3 is 14.8 Å². The number of fused-ring (bicyclic) bond motifs is 2. The summed E-state index contributed by atoms with van der Waals surface area (Å²) < 4.78 is 7.97. The summed E-state index contributed by atoms with van der Waals surface area (Å²) in [6.45, 7) is 3.81. The van der Waals surface area contributed by atoms with E-state index in [2.05, 4.69) is 15.4 Å². The van der Waals surface area contributed by atoms with Gasteiger partial charge in [0.1, 0.15) is 16.8 Å². The first-order valence-corrected chi connectivity index (χ1v) is 10.8. The molecule has 5 rings (SSSR count). The molecule has 3 aromatic heterocycles. The third kappa shape index (κ3) is 3.79. The van der Waals surface area contributed by atoms with Gasteiger partial charge in [0.25, 0.3) is 0 Å². The van der Waals surface area contributed by atoms with Crippen molar-refractivity contribution in [2.45, 2.75) is 19.9 Å². The largest absolute Gasteiger partial charge is 0.478 e. The van der Waals surface area contributed by atoms with E-state index < -0.39 is 5.97 Å². The number of carboxylic acids is 1. The lowest BCUT2D eigenvalue weighted by Gasteiger charge is -2.19. The van der Waals surface area contributed by atoms with Crippen LogP contribution in [0.1, 0.15) is 34.5 Å². The summed E-state index contributed by atoms with van der Waals surface area (Å²) in [5.41, 5.74) is 3.85. The van der Waals surface area contributed by atoms with Crippen molar-refractivity contribution in [2.75, 3.05) is 5.32 Å². The predicted octanol–water partition coefficient (Wildman–Crippen LogP) is 4.92. The number of benzene rings is 2. The zero-order valence-electron chi connectivity index (χ0n) is 18.9. The minimum atomic E-state index is -1.02. The fraction of sp³-hybridized carbons (Fsp3) is 0.154. The van der Waals surface area contributed by atoms with Crippen molar-refractivity contribution in [1.29, 1.82) is 0 Å². The van der Waals surface area contributed by atoms with E-state index in [1.54, 1.807) is 41.2 Å². The Morgan fingerprint density at radius 3 is 2.76 bits per heavy atom. The Hall–Kier alpha value is -4.46. The van der Waals surface area contributed by atoms with Crippen LogP contribution in [-0.2, 0) is 7.05 Å². The Bertz CT molecular complexity index is 1630. The molecule has 0 saturated carbocycles. The highest BCUT2D eigenvalue weighted by Gasteiger charge is 2.19. The van der Waals surface area contributed by atoms with Crippen LogP contribution < -0.4 is 10.7 Å². The van der Waals surface area contributed by atoms with E-state index in [0.717, 1.165) is 22.0 Å². The van der Waals surface area contributed by atoms with Crippen molar-refractivity contribution in [2.24, 2.45) is 7.05 Å². The molecule has 34 heavy (non-hydrogen) atoms. The summed E-state index contributed by atoms with van der Waals surface area (Å²) in [5, 5.41) is 18.5. The van der Waals surface area contributed by atoms with Crippen LogP contribution in [-0.4, -0.2) is 25.8 Å². The van der Waals surface area contributed by atoms with Gasteiger partial charge in [-0.05, 0) is 43.7 Å². The van der Waals surface area contributed by atoms with E-state index in [9.17, 15) is 14.7 Å². The Kier molecular flexibility index (Phi) is 5.13. The maximum absolute atomic E-state index is 13.1. The van der Waals surface area contributed by atoms with Gasteiger partial charge in [-0.3, -0.25) is 14.5 Å². The van der Waals surface area contributed by atoms with Gasteiger partial charge in [-0.25, -0.2) is 4.79 Å². The predicted molar refractivity (Wildman–Crippen MR) is 130 cm³/mol. The number of rotatable bonds is 5. The summed E-state index contributed by atoms with van der Waals surface area (Å²) in [4.78, 5) is 29.1. The molecule has 0 bridgehead atoms. The molecule has 0 fully saturated rings. The van der Waals surface area contributed by atoms with Crippen LogP contribution in [0.5, 0.6) is 0 Å². The van der Waals surface area contributed by atoms with Gasteiger partial charge in [-0.2, -0.15) is 5.10 Å². The van der Waals surface area contributed by atoms with Crippen LogP contribution in [0.2, 0.25) is 0 Å². The van der Waals surface area contributed by atoms with E-state index in [4.69, 9.17) is 4.42 Å². The molecule has 0 aliphatic rings. The van der Waals surface area contributed by atoms with E-state index in [-0.39, 0.29) is 17.0 Å². The quantitative estimate of drug-likeness (QED) is 0.388. The number of anilines is 1. The number of hydrogen-bond acceptors (Lipinski definition) is 6. The Balaban J connectivity index is 1.64. The first kappa shape index (κ1) is 21.4. The molecule has 1 atom stereocenters. The Morgan fingerprint density at radius 2 is 1.97 bits per heavy atom. The van der Waals surface area contributed by atoms with Crippen molar-refractivity contribution in [1.82, 2.24) is 14.8 Å². The molecule has 0 amide bonds. The number of carboxylic acid groups (broad SMARTS) is 1. The third-order valence-corrected chi connectivity index (χ3v) is 5.76. The van der Waals surface area contributed by atoms with Gasteiger partial charge in [0.05, 0.1) is 23.2 Å². The molecule has 2 aromatic carbocycles. The number of pyridine rings is 1. The first-order valence-electron chi connectivity index (χ1n) is 10.8. The monoisotopic (exact) mass is 454 g/mol. The van der Waals surface area contributed by atoms with Crippen LogP contribution in [0.15, 0.2) is 70.1 Å². The molecule has 8 nitrogen and oxygen atoms in total. The van der Waals surface area contributed by atoms with Crippen LogP contribution >= 0.6 is 0 Å². The number of aryl methyl sites for hydroxylation is 2. The molecule has 5 aromatic rings. The average Bonchev–Trinajstić information content (AvgIpc) is 3.18. The minimum Gasteiger partial charge on any atom is -0.478 e. The standard InChI is InChI=1S/C26H22N4O4/c1-14-8-18(15(2)28-20-7-5-4-6-17(20)26(32)33)25-19(9-14)23(31)11-24(34-25)21-10-16-13-30(3)29-22(16)12-27-21/h4-13,15,28H,1-3H3,(H,32,33)/t15-/m1/s1. The maximum atomic E-state index is 13.1. The molecule has 2 N–H and O–H groups in total. The molecule has 0 spiro atoms. The average molecular weight is 454 g/mol. The molecular formula is C26H22N4O4. The number of nitrogens with one attached hydrogen (secondary N) is 1. The van der Waals surface area contributed by atoms with Gasteiger partial charge in [0, 0.05) is 35.9 Å². The van der Waals surface area contributed by atoms with Gasteiger partial charge >= 0.3 is 5.97 Å². The Morgan fingerprint density at radius 1 is 1.18 bits per heavy atom.